The van der Waals surface area contributed by atoms with Gasteiger partial charge in [0.1, 0.15) is 24.1 Å². The molecule has 10 aliphatic rings. The van der Waals surface area contributed by atoms with Gasteiger partial charge < -0.3 is 70.8 Å². The van der Waals surface area contributed by atoms with E-state index in [1.807, 2.05) is 62.4 Å². The summed E-state index contributed by atoms with van der Waals surface area (Å²) in [5.74, 6) is -3.58. The molecule has 7 fully saturated rings. The summed E-state index contributed by atoms with van der Waals surface area (Å²) in [6.07, 6.45) is -0.135. The van der Waals surface area contributed by atoms with E-state index in [1.54, 1.807) is 75.4 Å². The third-order valence-electron chi connectivity index (χ3n) is 26.5. The van der Waals surface area contributed by atoms with Crippen LogP contribution < -0.4 is 46.6 Å². The molecule has 1 atom stereocenters. The summed E-state index contributed by atoms with van der Waals surface area (Å²) < 4.78 is 182. The number of amides is 3. The second-order valence-electron chi connectivity index (χ2n) is 38.0. The lowest BCUT2D eigenvalue weighted by molar-refractivity contribution is -0.154. The van der Waals surface area contributed by atoms with Gasteiger partial charge in [0.25, 0.3) is 17.7 Å². The zero-order valence-electron chi connectivity index (χ0n) is 78.6. The topological polar surface area (TPSA) is 191 Å². The van der Waals surface area contributed by atoms with Crippen molar-refractivity contribution in [3.05, 3.63) is 250 Å². The average Bonchev–Trinajstić information content (AvgIpc) is 1.58. The van der Waals surface area contributed by atoms with E-state index < -0.39 is 92.6 Å². The molecule has 0 radical (unpaired) electrons. The number of hydrogen-bond donors (Lipinski definition) is 6. The summed E-state index contributed by atoms with van der Waals surface area (Å²) in [6, 6.07) is 31.0. The van der Waals surface area contributed by atoms with E-state index in [0.717, 1.165) is 138 Å². The highest BCUT2D eigenvalue weighted by Crippen LogP contribution is 2.44. The lowest BCUT2D eigenvalue weighted by Gasteiger charge is -2.41. The number of rotatable bonds is 23. The van der Waals surface area contributed by atoms with E-state index in [4.69, 9.17) is 9.47 Å². The van der Waals surface area contributed by atoms with Crippen LogP contribution in [-0.4, -0.2) is 254 Å². The molecule has 8 aliphatic heterocycles. The number of ether oxygens (including phenoxy) is 2. The molecule has 22 nitrogen and oxygen atoms in total. The van der Waals surface area contributed by atoms with Gasteiger partial charge in [0.15, 0.2) is 0 Å². The van der Waals surface area contributed by atoms with E-state index in [9.17, 15) is 58.7 Å². The number of carbonyl (C=O) groups excluding carboxylic acids is 4. The Morgan fingerprint density at radius 1 is 0.453 bits per heavy atom. The molecule has 5 saturated heterocycles. The van der Waals surface area contributed by atoms with Crippen LogP contribution in [0.2, 0.25) is 0 Å². The van der Waals surface area contributed by atoms with Gasteiger partial charge in [-0.25, -0.2) is 13.2 Å². The number of allylic oxidation sites excluding steroid dienone is 3. The third kappa shape index (κ3) is 26.7. The zero-order valence-corrected chi connectivity index (χ0v) is 78.6. The SMILES string of the molecule is C=C1C=C(C(F)(F)F)C(C(=O)Nc2cc(-c3cc(CN(C)C4CCCCC4)ccc3F)ccc2N2CCN(C)CC2)=CN1.C=C1C=C(C(F)(F)F)C(C(=O)Nc2cc(-c3cc(CN4CCN(CC5CC5)CC4)ccc3F)ccc2N2CCN(C)CC2)=CN1.C=C1C=C(C(F)(F)F)C(C(=O)Nc2cc(-c3cc(CN4CCOCC4)ccc3F)ccc2N2CCN(C)C(COC(=O)C(C)(C)C)C2)=CN1. The Bertz CT molecular complexity index is 5640. The largest absolute Gasteiger partial charge is 0.464 e. The maximum Gasteiger partial charge on any atom is 0.417 e. The van der Waals surface area contributed by atoms with Gasteiger partial charge in [-0.15, -0.1) is 0 Å². The number of anilines is 6. The fourth-order valence-corrected chi connectivity index (χ4v) is 18.2. The number of dihydropyridines is 3. The number of likely N-dealkylation sites (N-methyl/N-ethyl adjacent to an activating group) is 3. The minimum atomic E-state index is -4.81. The zero-order chi connectivity index (χ0) is 98.0. The van der Waals surface area contributed by atoms with Crippen molar-refractivity contribution in [2.24, 2.45) is 11.3 Å². The first-order valence-corrected chi connectivity index (χ1v) is 46.6. The smallest absolute Gasteiger partial charge is 0.417 e. The van der Waals surface area contributed by atoms with Crippen molar-refractivity contribution in [2.75, 3.05) is 196 Å². The van der Waals surface area contributed by atoms with Gasteiger partial charge in [-0.2, -0.15) is 39.5 Å². The van der Waals surface area contributed by atoms with Gasteiger partial charge in [0.05, 0.1) is 92.2 Å². The quantitative estimate of drug-likeness (QED) is 0.0262. The van der Waals surface area contributed by atoms with Crippen molar-refractivity contribution in [3.8, 4) is 33.4 Å². The van der Waals surface area contributed by atoms with Gasteiger partial charge in [-0.05, 0) is 205 Å². The third-order valence-corrected chi connectivity index (χ3v) is 26.5. The lowest BCUT2D eigenvalue weighted by Crippen LogP contribution is -2.54. The second kappa shape index (κ2) is 44.1. The van der Waals surface area contributed by atoms with Crippen LogP contribution in [0.5, 0.6) is 0 Å². The molecule has 8 heterocycles. The molecule has 0 spiro atoms. The normalized spacial score (nSPS) is 19.6. The number of nitrogens with one attached hydrogen (secondary N) is 6. The van der Waals surface area contributed by atoms with Crippen molar-refractivity contribution < 1.29 is 81.3 Å². The molecular weight excluding hydrogens is 1790 g/mol. The summed E-state index contributed by atoms with van der Waals surface area (Å²) >= 11 is 0. The fourth-order valence-electron chi connectivity index (χ4n) is 18.2. The summed E-state index contributed by atoms with van der Waals surface area (Å²) in [7, 11) is 8.07. The Kier molecular flexibility index (Phi) is 32.6. The van der Waals surface area contributed by atoms with Gasteiger partial charge in [0.2, 0.25) is 0 Å². The van der Waals surface area contributed by atoms with E-state index >= 15 is 13.2 Å². The Morgan fingerprint density at radius 2 is 0.825 bits per heavy atom. The van der Waals surface area contributed by atoms with Gasteiger partial charge >= 0.3 is 24.5 Å². The molecular formula is C103H122F12N16O6. The van der Waals surface area contributed by atoms with Crippen LogP contribution in [0.25, 0.3) is 33.4 Å². The number of halogens is 12. The van der Waals surface area contributed by atoms with Gasteiger partial charge in [0, 0.05) is 196 Å². The highest BCUT2D eigenvalue weighted by molar-refractivity contribution is 6.11. The summed E-state index contributed by atoms with van der Waals surface area (Å²) in [5.41, 5.74) is 2.54. The maximum atomic E-state index is 15.4. The number of benzene rings is 6. The van der Waals surface area contributed by atoms with E-state index in [2.05, 4.69) is 103 Å². The van der Waals surface area contributed by atoms with Crippen molar-refractivity contribution in [3.63, 3.8) is 0 Å². The number of nitrogens with zero attached hydrogens (tertiary/aromatic N) is 10. The predicted molar refractivity (Wildman–Crippen MR) is 512 cm³/mol. The highest BCUT2D eigenvalue weighted by Gasteiger charge is 2.44. The van der Waals surface area contributed by atoms with Crippen LogP contribution in [0, 0.1) is 28.8 Å². The number of hydrogen-bond acceptors (Lipinski definition) is 19. The van der Waals surface area contributed by atoms with Crippen LogP contribution >= 0.6 is 0 Å². The first kappa shape index (κ1) is 101. The molecule has 734 valence electrons. The van der Waals surface area contributed by atoms with Crippen LogP contribution in [0.15, 0.2) is 216 Å². The first-order chi connectivity index (χ1) is 65.1. The number of morpholine rings is 1. The molecule has 0 aromatic heterocycles. The monoisotopic (exact) mass is 1910 g/mol. The predicted octanol–water partition coefficient (Wildman–Crippen LogP) is 17.1. The Balaban J connectivity index is 0.000000165. The number of piperazine rings is 4. The molecule has 6 aromatic carbocycles. The molecule has 6 aromatic rings. The van der Waals surface area contributed by atoms with E-state index in [0.29, 0.717) is 147 Å². The number of esters is 1. The molecule has 2 saturated carbocycles. The van der Waals surface area contributed by atoms with Crippen molar-refractivity contribution in [2.45, 2.75) is 116 Å². The molecule has 1 unspecified atom stereocenters. The summed E-state index contributed by atoms with van der Waals surface area (Å²) in [5, 5.41) is 16.0. The van der Waals surface area contributed by atoms with Crippen molar-refractivity contribution >= 4 is 57.8 Å². The van der Waals surface area contributed by atoms with Crippen molar-refractivity contribution in [1.29, 1.82) is 0 Å². The van der Waals surface area contributed by atoms with Crippen molar-refractivity contribution in [1.82, 2.24) is 50.2 Å². The lowest BCUT2D eigenvalue weighted by atomic mass is 9.94. The van der Waals surface area contributed by atoms with Crippen LogP contribution in [0.1, 0.15) is 82.4 Å². The molecule has 6 N–H and O–H groups in total. The number of carbonyl (C=O) groups is 4. The maximum absolute atomic E-state index is 15.4. The molecule has 34 heteroatoms. The molecule has 0 bridgehead atoms. The summed E-state index contributed by atoms with van der Waals surface area (Å²) in [6.45, 7) is 33.3. The molecule has 16 rings (SSSR count). The number of alkyl halides is 9. The van der Waals surface area contributed by atoms with Crippen LogP contribution in [-0.2, 0) is 48.3 Å². The minimum absolute atomic E-state index is 0.00497. The van der Waals surface area contributed by atoms with Gasteiger partial charge in [-0.3, -0.25) is 38.8 Å². The Labute approximate surface area is 793 Å². The van der Waals surface area contributed by atoms with Gasteiger partial charge in [-0.1, -0.05) is 75.4 Å². The Morgan fingerprint density at radius 3 is 1.22 bits per heavy atom. The second-order valence-corrected chi connectivity index (χ2v) is 38.0. The molecule has 137 heavy (non-hydrogen) atoms. The average molecular weight is 1910 g/mol. The van der Waals surface area contributed by atoms with Crippen LogP contribution in [0.3, 0.4) is 0 Å². The van der Waals surface area contributed by atoms with E-state index in [-0.39, 0.29) is 41.4 Å². The fraction of sp³-hybridized carbons (Fsp3) is 0.437. The van der Waals surface area contributed by atoms with E-state index in [1.165, 1.54) is 56.8 Å². The minimum Gasteiger partial charge on any atom is -0.464 e. The van der Waals surface area contributed by atoms with Crippen LogP contribution in [0.4, 0.5) is 86.8 Å². The summed E-state index contributed by atoms with van der Waals surface area (Å²) in [4.78, 5) is 74.9. The standard InChI is InChI=1S/C36H43F4N5O4.C34H40F4N6O.C33H39F4N5O/c1-23-16-29(36(38,39)40)28(19-41-23)33(46)42-31-18-25(27-17-24(6-8-30(27)37)20-44-12-14-48-15-13-44)7-9-32(31)45-11-10-43(5)26(21-45)22-49-34(47)35(2,3)4;1-23-17-29(34(36,37)38)28(20-39-23)33(45)40-31-19-26(6-8-32(31)44-15-9-41(2)10-16-44)27-18-25(5-7-30(27)35)22-43-13-11-42(12-14-43)21-24-3-4-24;1-22-17-28(33(35,36)37)27(20-38-22)32(43)39-30-19-24(10-12-31(30)42-15-13-40(2)14-16-42)26-18-23(9-11-29(26)34)21-41(3)25-7-5-4-6-8-25/h6-9,16-19,26,41H,1,10-15,20-22H2,2-5H3,(H,42,46);5-8,17-20,24,39H,1,3-4,9-16,21-22H2,2H3,(H,40,45);9-12,17-20,25,38H,1,4-8,13-16,21H2,2-3H3,(H,39,43). The molecule has 2 aliphatic carbocycles. The first-order valence-electron chi connectivity index (χ1n) is 46.6. The Hall–Kier alpha value is -11.5. The molecule has 3 amide bonds. The highest BCUT2D eigenvalue weighted by atomic mass is 19.4.